The Labute approximate surface area is 106 Å². The van der Waals surface area contributed by atoms with Crippen molar-refractivity contribution in [2.75, 3.05) is 16.8 Å². The monoisotopic (exact) mass is 252 g/mol. The number of hydrogen-bond donors (Lipinski definition) is 1. The zero-order valence-corrected chi connectivity index (χ0v) is 11.0. The van der Waals surface area contributed by atoms with Gasteiger partial charge in [-0.2, -0.15) is 17.0 Å². The molecule has 1 unspecified atom stereocenters. The van der Waals surface area contributed by atoms with Crippen molar-refractivity contribution in [3.05, 3.63) is 29.6 Å². The summed E-state index contributed by atoms with van der Waals surface area (Å²) in [5.41, 5.74) is 0.684. The van der Waals surface area contributed by atoms with E-state index >= 15 is 0 Å². The van der Waals surface area contributed by atoms with Crippen LogP contribution >= 0.6 is 11.8 Å². The van der Waals surface area contributed by atoms with Crippen LogP contribution in [0.4, 0.5) is 10.1 Å². The van der Waals surface area contributed by atoms with Crippen molar-refractivity contribution in [1.29, 1.82) is 5.26 Å². The zero-order chi connectivity index (χ0) is 12.7. The molecule has 0 saturated heterocycles. The average Bonchev–Trinajstić information content (AvgIpc) is 2.29. The van der Waals surface area contributed by atoms with Crippen LogP contribution in [0.15, 0.2) is 18.2 Å². The molecule has 0 aliphatic carbocycles. The molecule has 1 aromatic rings. The lowest BCUT2D eigenvalue weighted by molar-refractivity contribution is 0.623. The fourth-order valence-corrected chi connectivity index (χ4v) is 2.31. The van der Waals surface area contributed by atoms with Gasteiger partial charge in [-0.05, 0) is 37.0 Å². The van der Waals surface area contributed by atoms with Gasteiger partial charge in [0.1, 0.15) is 17.4 Å². The summed E-state index contributed by atoms with van der Waals surface area (Å²) in [5.74, 6) is 1.71. The smallest absolute Gasteiger partial charge is 0.143 e. The highest BCUT2D eigenvalue weighted by atomic mass is 32.2. The Morgan fingerprint density at radius 2 is 2.29 bits per heavy atom. The first kappa shape index (κ1) is 13.9. The topological polar surface area (TPSA) is 35.8 Å². The first-order valence-corrected chi connectivity index (χ1v) is 6.87. The predicted octanol–water partition coefficient (Wildman–Crippen LogP) is 3.64. The molecule has 0 bridgehead atoms. The van der Waals surface area contributed by atoms with Crippen molar-refractivity contribution in [3.63, 3.8) is 0 Å². The lowest BCUT2D eigenvalue weighted by Crippen LogP contribution is -2.17. The third-order valence-corrected chi connectivity index (χ3v) is 3.36. The second-order valence-electron chi connectivity index (χ2n) is 3.81. The number of nitrogens with one attached hydrogen (secondary N) is 1. The Morgan fingerprint density at radius 3 is 2.94 bits per heavy atom. The van der Waals surface area contributed by atoms with E-state index < -0.39 is 5.82 Å². The Morgan fingerprint density at radius 1 is 1.53 bits per heavy atom. The van der Waals surface area contributed by atoms with Gasteiger partial charge in [-0.25, -0.2) is 4.39 Å². The van der Waals surface area contributed by atoms with E-state index in [2.05, 4.69) is 12.2 Å². The molecule has 1 rings (SSSR count). The molecule has 2 nitrogen and oxygen atoms in total. The van der Waals surface area contributed by atoms with Crippen LogP contribution in [-0.4, -0.2) is 17.5 Å². The lowest BCUT2D eigenvalue weighted by Gasteiger charge is -2.16. The molecule has 0 amide bonds. The van der Waals surface area contributed by atoms with Crippen LogP contribution in [0, 0.1) is 17.1 Å². The molecule has 92 valence electrons. The van der Waals surface area contributed by atoms with Crippen molar-refractivity contribution in [1.82, 2.24) is 0 Å². The lowest BCUT2D eigenvalue weighted by atomic mass is 10.1. The number of nitriles is 1. The predicted molar refractivity (Wildman–Crippen MR) is 71.8 cm³/mol. The number of nitrogens with zero attached hydrogens (tertiary/aromatic N) is 1. The number of halogens is 1. The van der Waals surface area contributed by atoms with E-state index in [1.165, 1.54) is 6.07 Å². The minimum Gasteiger partial charge on any atom is -0.381 e. The Balaban J connectivity index is 2.62. The second kappa shape index (κ2) is 7.18. The van der Waals surface area contributed by atoms with Crippen LogP contribution in [0.1, 0.15) is 25.8 Å². The van der Waals surface area contributed by atoms with Gasteiger partial charge in [-0.1, -0.05) is 13.0 Å². The van der Waals surface area contributed by atoms with Crippen LogP contribution < -0.4 is 5.32 Å². The summed E-state index contributed by atoms with van der Waals surface area (Å²) >= 11 is 1.88. The maximum Gasteiger partial charge on any atom is 0.143 e. The number of anilines is 1. The normalized spacial score (nSPS) is 11.9. The van der Waals surface area contributed by atoms with E-state index in [4.69, 9.17) is 5.26 Å². The van der Waals surface area contributed by atoms with Gasteiger partial charge in [0.2, 0.25) is 0 Å². The van der Waals surface area contributed by atoms with E-state index in [9.17, 15) is 4.39 Å². The van der Waals surface area contributed by atoms with Gasteiger partial charge < -0.3 is 5.32 Å². The maximum absolute atomic E-state index is 13.3. The molecule has 0 aliphatic heterocycles. The van der Waals surface area contributed by atoms with E-state index in [1.807, 2.05) is 24.8 Å². The van der Waals surface area contributed by atoms with Crippen LogP contribution in [0.5, 0.6) is 0 Å². The molecule has 0 aromatic heterocycles. The molecule has 1 atom stereocenters. The highest BCUT2D eigenvalue weighted by Gasteiger charge is 2.09. The van der Waals surface area contributed by atoms with Gasteiger partial charge in [0.15, 0.2) is 0 Å². The van der Waals surface area contributed by atoms with Crippen molar-refractivity contribution in [2.24, 2.45) is 0 Å². The second-order valence-corrected chi connectivity index (χ2v) is 5.20. The van der Waals surface area contributed by atoms with Gasteiger partial charge in [0.05, 0.1) is 5.69 Å². The molecular weight excluding hydrogens is 235 g/mol. The fourth-order valence-electron chi connectivity index (χ4n) is 1.50. The first-order chi connectivity index (χ1) is 8.19. The maximum atomic E-state index is 13.3. The quantitative estimate of drug-likeness (QED) is 0.785. The zero-order valence-electron chi connectivity index (χ0n) is 10.2. The number of hydrogen-bond acceptors (Lipinski definition) is 3. The first-order valence-electron chi connectivity index (χ1n) is 5.72. The van der Waals surface area contributed by atoms with Crippen molar-refractivity contribution in [2.45, 2.75) is 26.3 Å². The highest BCUT2D eigenvalue weighted by molar-refractivity contribution is 7.99. The highest BCUT2D eigenvalue weighted by Crippen LogP contribution is 2.19. The number of thioether (sulfide) groups is 1. The summed E-state index contributed by atoms with van der Waals surface area (Å²) in [7, 11) is 0. The molecule has 0 aliphatic rings. The van der Waals surface area contributed by atoms with E-state index in [-0.39, 0.29) is 11.6 Å². The van der Waals surface area contributed by atoms with Gasteiger partial charge >= 0.3 is 0 Å². The third-order valence-electron chi connectivity index (χ3n) is 2.43. The number of rotatable bonds is 6. The van der Waals surface area contributed by atoms with Crippen molar-refractivity contribution in [3.8, 4) is 6.07 Å². The van der Waals surface area contributed by atoms with Gasteiger partial charge in [0.25, 0.3) is 0 Å². The van der Waals surface area contributed by atoms with Gasteiger partial charge in [-0.15, -0.1) is 0 Å². The molecule has 0 spiro atoms. The molecule has 0 saturated carbocycles. The molecule has 17 heavy (non-hydrogen) atoms. The fraction of sp³-hybridized carbons (Fsp3) is 0.462. The van der Waals surface area contributed by atoms with E-state index in [1.54, 1.807) is 12.1 Å². The molecule has 1 N–H and O–H groups in total. The van der Waals surface area contributed by atoms with Crippen LogP contribution in [0.2, 0.25) is 0 Å². The molecule has 0 fully saturated rings. The minimum absolute atomic E-state index is 0.0995. The van der Waals surface area contributed by atoms with E-state index in [0.717, 1.165) is 17.9 Å². The Hall–Kier alpha value is -1.21. The Kier molecular flexibility index (Phi) is 5.85. The summed E-state index contributed by atoms with van der Waals surface area (Å²) in [5, 5.41) is 12.1. The number of benzene rings is 1. The van der Waals surface area contributed by atoms with Gasteiger partial charge in [0, 0.05) is 6.04 Å². The van der Waals surface area contributed by atoms with Crippen LogP contribution in [0.3, 0.4) is 0 Å². The molecule has 4 heteroatoms. The van der Waals surface area contributed by atoms with Crippen LogP contribution in [-0.2, 0) is 0 Å². The molecule has 1 aromatic carbocycles. The molecule has 0 heterocycles. The third kappa shape index (κ3) is 4.27. The summed E-state index contributed by atoms with van der Waals surface area (Å²) in [6.45, 7) is 4.17. The summed E-state index contributed by atoms with van der Waals surface area (Å²) in [6, 6.07) is 6.80. The van der Waals surface area contributed by atoms with Crippen LogP contribution in [0.25, 0.3) is 0 Å². The Bertz CT molecular complexity index is 401. The van der Waals surface area contributed by atoms with Crippen molar-refractivity contribution < 1.29 is 4.39 Å². The minimum atomic E-state index is -0.465. The van der Waals surface area contributed by atoms with Gasteiger partial charge in [-0.3, -0.25) is 0 Å². The van der Waals surface area contributed by atoms with E-state index in [0.29, 0.717) is 5.69 Å². The van der Waals surface area contributed by atoms with Crippen molar-refractivity contribution >= 4 is 17.4 Å². The SMILES string of the molecule is CCSCCC(C)Nc1cccc(F)c1C#N. The average molecular weight is 252 g/mol. The summed E-state index contributed by atoms with van der Waals surface area (Å²) in [6.07, 6.45) is 1.000. The molecular formula is C13H17FN2S. The molecule has 0 radical (unpaired) electrons. The summed E-state index contributed by atoms with van der Waals surface area (Å²) < 4.78 is 13.3. The standard InChI is InChI=1S/C13H17FN2S/c1-3-17-8-7-10(2)16-13-6-4-5-12(14)11(13)9-15/h4-6,10,16H,3,7-8H2,1-2H3. The summed E-state index contributed by atoms with van der Waals surface area (Å²) in [4.78, 5) is 0. The largest absolute Gasteiger partial charge is 0.381 e.